The van der Waals surface area contributed by atoms with E-state index in [1.54, 1.807) is 19.2 Å². The van der Waals surface area contributed by atoms with Crippen molar-refractivity contribution >= 4 is 28.9 Å². The van der Waals surface area contributed by atoms with E-state index in [9.17, 15) is 9.59 Å². The van der Waals surface area contributed by atoms with Crippen molar-refractivity contribution in [3.05, 3.63) is 77.9 Å². The maximum atomic E-state index is 12.4. The minimum Gasteiger partial charge on any atom is -0.497 e. The summed E-state index contributed by atoms with van der Waals surface area (Å²) in [7, 11) is 3.55. The molecule has 4 aromatic rings. The lowest BCUT2D eigenvalue weighted by molar-refractivity contribution is 0.0927. The molecular formula is C29H32N4O3. The average molecular weight is 485 g/mol. The molecule has 0 spiro atoms. The number of rotatable bonds is 6. The van der Waals surface area contributed by atoms with Gasteiger partial charge in [0.1, 0.15) is 17.9 Å². The molecule has 5 rings (SSSR count). The topological polar surface area (TPSA) is 96.1 Å². The van der Waals surface area contributed by atoms with Gasteiger partial charge in [0.2, 0.25) is 0 Å². The van der Waals surface area contributed by atoms with E-state index < -0.39 is 0 Å². The predicted molar refractivity (Wildman–Crippen MR) is 144 cm³/mol. The number of carbonyl (C=O) groups excluding carboxylic acids is 2. The number of hydrogen-bond acceptors (Lipinski definition) is 5. The van der Waals surface area contributed by atoms with E-state index in [4.69, 9.17) is 4.74 Å². The summed E-state index contributed by atoms with van der Waals surface area (Å²) in [5, 5.41) is 6.16. The molecule has 1 aliphatic carbocycles. The molecule has 1 aliphatic rings. The summed E-state index contributed by atoms with van der Waals surface area (Å²) in [6.07, 6.45) is 6.63. The van der Waals surface area contributed by atoms with E-state index in [0.29, 0.717) is 17.2 Å². The Labute approximate surface area is 211 Å². The summed E-state index contributed by atoms with van der Waals surface area (Å²) in [5.74, 6) is 1.60. The van der Waals surface area contributed by atoms with Crippen LogP contribution >= 0.6 is 0 Å². The van der Waals surface area contributed by atoms with Crippen LogP contribution in [0.15, 0.2) is 66.7 Å². The minimum atomic E-state index is -0.0105. The van der Waals surface area contributed by atoms with Gasteiger partial charge in [0, 0.05) is 35.5 Å². The first kappa shape index (κ1) is 25.0. The zero-order chi connectivity index (χ0) is 25.3. The lowest BCUT2D eigenvalue weighted by atomic mass is 9.95. The van der Waals surface area contributed by atoms with Crippen molar-refractivity contribution < 1.29 is 14.3 Å². The van der Waals surface area contributed by atoms with Crippen molar-refractivity contribution in [1.29, 1.82) is 0 Å². The highest BCUT2D eigenvalue weighted by Gasteiger charge is 2.16. The average Bonchev–Trinajstić information content (AvgIpc) is 3.37. The molecule has 0 atom stereocenters. The number of imidazole rings is 1. The van der Waals surface area contributed by atoms with Crippen molar-refractivity contribution in [3.8, 4) is 17.1 Å². The highest BCUT2D eigenvalue weighted by Crippen LogP contribution is 2.22. The third kappa shape index (κ3) is 6.30. The van der Waals surface area contributed by atoms with Crippen LogP contribution in [0.4, 0.5) is 5.69 Å². The van der Waals surface area contributed by atoms with Crippen LogP contribution in [0.1, 0.15) is 52.8 Å². The summed E-state index contributed by atoms with van der Waals surface area (Å²) < 4.78 is 4.99. The molecule has 186 valence electrons. The normalized spacial score (nSPS) is 13.4. The molecule has 0 unspecified atom stereocenters. The Morgan fingerprint density at radius 2 is 1.72 bits per heavy atom. The van der Waals surface area contributed by atoms with Gasteiger partial charge in [-0.2, -0.15) is 0 Å². The SMILES string of the molecule is CNc1ccc(OC)cc1.O=Cc1ccc2nc(-c3ccc(C(=O)NC4CCCCC4)cc3)[nH]c2c1. The molecule has 0 radical (unpaired) electrons. The summed E-state index contributed by atoms with van der Waals surface area (Å²) in [5.41, 5.74) is 4.92. The smallest absolute Gasteiger partial charge is 0.251 e. The van der Waals surface area contributed by atoms with Gasteiger partial charge in [0.05, 0.1) is 18.1 Å². The van der Waals surface area contributed by atoms with Gasteiger partial charge in [-0.25, -0.2) is 4.98 Å². The number of aromatic nitrogens is 2. The third-order valence-corrected chi connectivity index (χ3v) is 6.38. The minimum absolute atomic E-state index is 0.0105. The fourth-order valence-electron chi connectivity index (χ4n) is 4.29. The van der Waals surface area contributed by atoms with Gasteiger partial charge in [-0.05, 0) is 67.4 Å². The molecule has 3 aromatic carbocycles. The van der Waals surface area contributed by atoms with E-state index in [1.807, 2.05) is 61.6 Å². The van der Waals surface area contributed by atoms with Crippen molar-refractivity contribution in [1.82, 2.24) is 15.3 Å². The Morgan fingerprint density at radius 1 is 1.00 bits per heavy atom. The lowest BCUT2D eigenvalue weighted by Crippen LogP contribution is -2.36. The van der Waals surface area contributed by atoms with Gasteiger partial charge in [-0.1, -0.05) is 31.4 Å². The monoisotopic (exact) mass is 484 g/mol. The molecule has 1 saturated carbocycles. The van der Waals surface area contributed by atoms with Gasteiger partial charge in [0.15, 0.2) is 0 Å². The zero-order valence-corrected chi connectivity index (χ0v) is 20.7. The second-order valence-corrected chi connectivity index (χ2v) is 8.84. The number of nitrogens with zero attached hydrogens (tertiary/aromatic N) is 1. The number of carbonyl (C=O) groups is 2. The summed E-state index contributed by atoms with van der Waals surface area (Å²) >= 11 is 0. The fraction of sp³-hybridized carbons (Fsp3) is 0.276. The maximum Gasteiger partial charge on any atom is 0.251 e. The molecule has 3 N–H and O–H groups in total. The molecular weight excluding hydrogens is 452 g/mol. The Kier molecular flexibility index (Phi) is 8.34. The number of hydrogen-bond donors (Lipinski definition) is 3. The molecule has 0 aliphatic heterocycles. The lowest BCUT2D eigenvalue weighted by Gasteiger charge is -2.22. The summed E-state index contributed by atoms with van der Waals surface area (Å²) in [6.45, 7) is 0. The third-order valence-electron chi connectivity index (χ3n) is 6.38. The number of ether oxygens (including phenoxy) is 1. The number of aromatic amines is 1. The van der Waals surface area contributed by atoms with E-state index in [0.717, 1.165) is 53.0 Å². The number of fused-ring (bicyclic) bond motifs is 1. The van der Waals surface area contributed by atoms with Gasteiger partial charge >= 0.3 is 0 Å². The quantitative estimate of drug-likeness (QED) is 0.299. The van der Waals surface area contributed by atoms with Gasteiger partial charge in [-0.15, -0.1) is 0 Å². The largest absolute Gasteiger partial charge is 0.497 e. The zero-order valence-electron chi connectivity index (χ0n) is 20.7. The van der Waals surface area contributed by atoms with Crippen LogP contribution in [0.3, 0.4) is 0 Å². The van der Waals surface area contributed by atoms with Crippen LogP contribution in [-0.4, -0.2) is 42.4 Å². The van der Waals surface area contributed by atoms with Crippen LogP contribution < -0.4 is 15.4 Å². The van der Waals surface area contributed by atoms with Crippen molar-refractivity contribution in [2.24, 2.45) is 0 Å². The highest BCUT2D eigenvalue weighted by molar-refractivity contribution is 5.95. The van der Waals surface area contributed by atoms with Gasteiger partial charge in [0.25, 0.3) is 5.91 Å². The Bertz CT molecular complexity index is 1270. The van der Waals surface area contributed by atoms with Crippen molar-refractivity contribution in [3.63, 3.8) is 0 Å². The summed E-state index contributed by atoms with van der Waals surface area (Å²) in [6, 6.07) is 20.9. The molecule has 1 aromatic heterocycles. The molecule has 1 heterocycles. The molecule has 0 bridgehead atoms. The number of H-pyrrole nitrogens is 1. The molecule has 1 amide bonds. The fourth-order valence-corrected chi connectivity index (χ4v) is 4.29. The Morgan fingerprint density at radius 3 is 2.36 bits per heavy atom. The van der Waals surface area contributed by atoms with E-state index in [2.05, 4.69) is 20.6 Å². The maximum absolute atomic E-state index is 12.4. The number of aldehydes is 1. The van der Waals surface area contributed by atoms with Crippen LogP contribution in [0, 0.1) is 0 Å². The first-order valence-corrected chi connectivity index (χ1v) is 12.3. The molecule has 7 heteroatoms. The number of benzene rings is 3. The molecule has 1 fully saturated rings. The first-order chi connectivity index (χ1) is 17.6. The second kappa shape index (κ2) is 12.0. The molecule has 0 saturated heterocycles. The first-order valence-electron chi connectivity index (χ1n) is 12.3. The Balaban J connectivity index is 0.000000256. The standard InChI is InChI=1S/C21H21N3O2.C8H11NO/c25-13-14-6-11-18-19(12-14)24-20(23-18)15-7-9-16(10-8-15)21(26)22-17-4-2-1-3-5-17;1-9-7-3-5-8(10-2)6-4-7/h6-13,17H,1-5H2,(H,22,26)(H,23,24);3-6,9H,1-2H3. The van der Waals surface area contributed by atoms with Crippen molar-refractivity contribution in [2.75, 3.05) is 19.5 Å². The second-order valence-electron chi connectivity index (χ2n) is 8.84. The van der Waals surface area contributed by atoms with Crippen LogP contribution in [0.25, 0.3) is 22.4 Å². The number of amides is 1. The highest BCUT2D eigenvalue weighted by atomic mass is 16.5. The van der Waals surface area contributed by atoms with Crippen LogP contribution in [0.5, 0.6) is 5.75 Å². The van der Waals surface area contributed by atoms with Crippen molar-refractivity contribution in [2.45, 2.75) is 38.1 Å². The predicted octanol–water partition coefficient (Wildman–Crippen LogP) is 5.84. The molecule has 7 nitrogen and oxygen atoms in total. The summed E-state index contributed by atoms with van der Waals surface area (Å²) in [4.78, 5) is 31.1. The van der Waals surface area contributed by atoms with Crippen LogP contribution in [0.2, 0.25) is 0 Å². The van der Waals surface area contributed by atoms with Gasteiger partial charge < -0.3 is 20.4 Å². The number of nitrogens with one attached hydrogen (secondary N) is 3. The van der Waals surface area contributed by atoms with Crippen LogP contribution in [-0.2, 0) is 0 Å². The van der Waals surface area contributed by atoms with E-state index >= 15 is 0 Å². The number of methoxy groups -OCH3 is 1. The van der Waals surface area contributed by atoms with E-state index in [-0.39, 0.29) is 5.91 Å². The van der Waals surface area contributed by atoms with E-state index in [1.165, 1.54) is 19.3 Å². The number of anilines is 1. The molecule has 36 heavy (non-hydrogen) atoms. The Hall–Kier alpha value is -4.13. The van der Waals surface area contributed by atoms with Gasteiger partial charge in [-0.3, -0.25) is 9.59 Å².